The van der Waals surface area contributed by atoms with Crippen LogP contribution in [0.5, 0.6) is 11.8 Å². The fourth-order valence-corrected chi connectivity index (χ4v) is 4.82. The van der Waals surface area contributed by atoms with Gasteiger partial charge in [0, 0.05) is 44.0 Å². The summed E-state index contributed by atoms with van der Waals surface area (Å²) in [6.45, 7) is 1.63. The molecule has 1 spiro atoms. The first-order chi connectivity index (χ1) is 16.0. The molecular formula is C22H24FN9O. The first kappa shape index (κ1) is 19.9. The monoisotopic (exact) mass is 449 g/mol. The predicted octanol–water partition coefficient (Wildman–Crippen LogP) is 2.84. The van der Waals surface area contributed by atoms with E-state index >= 15 is 0 Å². The van der Waals surface area contributed by atoms with E-state index in [9.17, 15) is 4.39 Å². The van der Waals surface area contributed by atoms with E-state index in [1.165, 1.54) is 12.1 Å². The number of rotatable bonds is 5. The Morgan fingerprint density at radius 3 is 2.67 bits per heavy atom. The Morgan fingerprint density at radius 1 is 1.21 bits per heavy atom. The molecule has 4 heterocycles. The third-order valence-corrected chi connectivity index (χ3v) is 6.75. The second-order valence-corrected chi connectivity index (χ2v) is 8.74. The number of nitrogens with two attached hydrogens (primary N) is 1. The summed E-state index contributed by atoms with van der Waals surface area (Å²) in [5.41, 5.74) is 8.36. The van der Waals surface area contributed by atoms with Crippen molar-refractivity contribution in [2.75, 3.05) is 42.7 Å². The Labute approximate surface area is 188 Å². The molecule has 11 heteroatoms. The topological polar surface area (TPSA) is 130 Å². The van der Waals surface area contributed by atoms with Crippen LogP contribution in [0.2, 0.25) is 0 Å². The van der Waals surface area contributed by atoms with Crippen molar-refractivity contribution < 1.29 is 9.13 Å². The summed E-state index contributed by atoms with van der Waals surface area (Å²) in [7, 11) is 3.50. The van der Waals surface area contributed by atoms with Crippen LogP contribution < -0.4 is 26.0 Å². The van der Waals surface area contributed by atoms with E-state index < -0.39 is 0 Å². The van der Waals surface area contributed by atoms with Gasteiger partial charge in [-0.05, 0) is 25.0 Å². The van der Waals surface area contributed by atoms with E-state index in [0.29, 0.717) is 28.9 Å². The third kappa shape index (κ3) is 3.18. The standard InChI is InChI=1S/C22H24FN9O/c1-25-14-6-11(23)5-13-16-18(29-17(13)14)30-21(33-12-8-27-20(26-2)28-9-12)31-19(16)32-4-3-22(10-32)7-15(22)24/h5-6,8-9,15,25H,3-4,7,10,24H2,1-2H3,(H,26,27,28)(H,29,30,31). The highest BCUT2D eigenvalue weighted by Crippen LogP contribution is 2.53. The van der Waals surface area contributed by atoms with Crippen molar-refractivity contribution in [2.24, 2.45) is 11.1 Å². The Balaban J connectivity index is 1.50. The number of ether oxygens (including phenoxy) is 1. The molecule has 2 aliphatic rings. The minimum atomic E-state index is -0.331. The highest BCUT2D eigenvalue weighted by Gasteiger charge is 2.56. The molecule has 6 rings (SSSR count). The molecule has 170 valence electrons. The first-order valence-corrected chi connectivity index (χ1v) is 10.9. The van der Waals surface area contributed by atoms with Gasteiger partial charge in [0.25, 0.3) is 0 Å². The average Bonchev–Trinajstić information content (AvgIpc) is 3.13. The normalized spacial score (nSPS) is 21.8. The van der Waals surface area contributed by atoms with E-state index in [0.717, 1.165) is 42.2 Å². The van der Waals surface area contributed by atoms with Crippen LogP contribution in [0.15, 0.2) is 24.5 Å². The summed E-state index contributed by atoms with van der Waals surface area (Å²) in [5.74, 6) is 1.28. The first-order valence-electron chi connectivity index (χ1n) is 10.9. The van der Waals surface area contributed by atoms with Crippen molar-refractivity contribution in [3.8, 4) is 11.8 Å². The van der Waals surface area contributed by atoms with Gasteiger partial charge in [0.1, 0.15) is 17.3 Å². The largest absolute Gasteiger partial charge is 0.421 e. The van der Waals surface area contributed by atoms with Gasteiger partial charge in [-0.2, -0.15) is 9.97 Å². The van der Waals surface area contributed by atoms with Gasteiger partial charge in [0.2, 0.25) is 5.95 Å². The van der Waals surface area contributed by atoms with Gasteiger partial charge < -0.3 is 31.0 Å². The maximum atomic E-state index is 14.4. The molecule has 1 saturated heterocycles. The lowest BCUT2D eigenvalue weighted by Gasteiger charge is -2.19. The minimum absolute atomic E-state index is 0.141. The van der Waals surface area contributed by atoms with Gasteiger partial charge in [0.15, 0.2) is 5.75 Å². The highest BCUT2D eigenvalue weighted by atomic mass is 19.1. The number of fused-ring (bicyclic) bond motifs is 3. The predicted molar refractivity (Wildman–Crippen MR) is 124 cm³/mol. The van der Waals surface area contributed by atoms with Gasteiger partial charge in [-0.3, -0.25) is 0 Å². The van der Waals surface area contributed by atoms with Crippen LogP contribution in [0, 0.1) is 11.2 Å². The molecule has 0 amide bonds. The molecule has 0 radical (unpaired) electrons. The summed E-state index contributed by atoms with van der Waals surface area (Å²) in [5, 5.41) is 7.41. The lowest BCUT2D eigenvalue weighted by atomic mass is 10.1. The molecule has 2 unspecified atom stereocenters. The molecular weight excluding hydrogens is 425 g/mol. The van der Waals surface area contributed by atoms with Gasteiger partial charge in [-0.25, -0.2) is 14.4 Å². The number of nitrogens with one attached hydrogen (secondary N) is 3. The molecule has 10 nitrogen and oxygen atoms in total. The Kier molecular flexibility index (Phi) is 4.31. The average molecular weight is 449 g/mol. The molecule has 1 saturated carbocycles. The van der Waals surface area contributed by atoms with Crippen LogP contribution in [0.3, 0.4) is 0 Å². The van der Waals surface area contributed by atoms with Crippen molar-refractivity contribution in [1.29, 1.82) is 0 Å². The molecule has 1 aromatic carbocycles. The van der Waals surface area contributed by atoms with Gasteiger partial charge in [-0.15, -0.1) is 0 Å². The zero-order valence-corrected chi connectivity index (χ0v) is 18.3. The lowest BCUT2D eigenvalue weighted by Crippen LogP contribution is -2.24. The molecule has 0 bridgehead atoms. The van der Waals surface area contributed by atoms with E-state index in [4.69, 9.17) is 15.5 Å². The van der Waals surface area contributed by atoms with Gasteiger partial charge in [-0.1, -0.05) is 0 Å². The molecule has 4 aromatic rings. The van der Waals surface area contributed by atoms with E-state index in [1.54, 1.807) is 26.5 Å². The molecule has 5 N–H and O–H groups in total. The van der Waals surface area contributed by atoms with Crippen LogP contribution in [-0.2, 0) is 0 Å². The number of benzene rings is 1. The molecule has 2 fully saturated rings. The number of hydrogen-bond donors (Lipinski definition) is 4. The van der Waals surface area contributed by atoms with Crippen LogP contribution in [-0.4, -0.2) is 58.1 Å². The maximum absolute atomic E-state index is 14.4. The number of aromatic nitrogens is 5. The molecule has 1 aliphatic carbocycles. The molecule has 1 aliphatic heterocycles. The van der Waals surface area contributed by atoms with Crippen LogP contribution in [0.1, 0.15) is 12.8 Å². The molecule has 2 atom stereocenters. The number of anilines is 3. The maximum Gasteiger partial charge on any atom is 0.326 e. The van der Waals surface area contributed by atoms with Crippen molar-refractivity contribution in [2.45, 2.75) is 18.9 Å². The van der Waals surface area contributed by atoms with Gasteiger partial charge >= 0.3 is 6.01 Å². The number of nitrogens with zero attached hydrogens (tertiary/aromatic N) is 5. The second kappa shape index (κ2) is 7.14. The van der Waals surface area contributed by atoms with Crippen LogP contribution >= 0.6 is 0 Å². The summed E-state index contributed by atoms with van der Waals surface area (Å²) in [6.07, 6.45) is 5.13. The van der Waals surface area contributed by atoms with Crippen molar-refractivity contribution in [3.05, 3.63) is 30.3 Å². The smallest absolute Gasteiger partial charge is 0.326 e. The summed E-state index contributed by atoms with van der Waals surface area (Å²) in [6, 6.07) is 3.35. The lowest BCUT2D eigenvalue weighted by molar-refractivity contribution is 0.440. The van der Waals surface area contributed by atoms with E-state index in [-0.39, 0.29) is 23.3 Å². The summed E-state index contributed by atoms with van der Waals surface area (Å²) >= 11 is 0. The summed E-state index contributed by atoms with van der Waals surface area (Å²) in [4.78, 5) is 23.2. The van der Waals surface area contributed by atoms with E-state index in [2.05, 4.69) is 35.5 Å². The summed E-state index contributed by atoms with van der Waals surface area (Å²) < 4.78 is 20.4. The number of aromatic amines is 1. The van der Waals surface area contributed by atoms with Crippen LogP contribution in [0.25, 0.3) is 21.9 Å². The zero-order chi connectivity index (χ0) is 22.7. The van der Waals surface area contributed by atoms with E-state index in [1.807, 2.05) is 0 Å². The van der Waals surface area contributed by atoms with Crippen molar-refractivity contribution in [1.82, 2.24) is 24.9 Å². The highest BCUT2D eigenvalue weighted by molar-refractivity contribution is 6.14. The van der Waals surface area contributed by atoms with Gasteiger partial charge in [0.05, 0.1) is 29.0 Å². The molecule has 33 heavy (non-hydrogen) atoms. The van der Waals surface area contributed by atoms with Crippen molar-refractivity contribution in [3.63, 3.8) is 0 Å². The Bertz CT molecular complexity index is 1370. The Morgan fingerprint density at radius 2 is 2.00 bits per heavy atom. The fraction of sp³-hybridized carbons (Fsp3) is 0.364. The number of hydrogen-bond acceptors (Lipinski definition) is 9. The van der Waals surface area contributed by atoms with Crippen LogP contribution in [0.4, 0.5) is 21.8 Å². The SMILES string of the molecule is CNc1ncc(Oc2nc(N3CCC4(CC4N)C3)c3c(n2)[nH]c2c(NC)cc(F)cc23)cn1. The Hall–Kier alpha value is -3.73. The third-order valence-electron chi connectivity index (χ3n) is 6.75. The minimum Gasteiger partial charge on any atom is -0.421 e. The second-order valence-electron chi connectivity index (χ2n) is 8.74. The zero-order valence-electron chi connectivity index (χ0n) is 18.3. The van der Waals surface area contributed by atoms with Crippen molar-refractivity contribution >= 4 is 39.4 Å². The molecule has 3 aromatic heterocycles. The fourth-order valence-electron chi connectivity index (χ4n) is 4.82. The number of halogens is 1. The quantitative estimate of drug-likeness (QED) is 0.363. The number of H-pyrrole nitrogens is 1.